The number of pyridine rings is 2. The molecule has 6 heteroatoms. The van der Waals surface area contributed by atoms with Crippen molar-refractivity contribution in [1.82, 2.24) is 19.8 Å². The van der Waals surface area contributed by atoms with Crippen LogP contribution in [0.3, 0.4) is 0 Å². The first-order valence-corrected chi connectivity index (χ1v) is 11.8. The number of aliphatic hydroxyl groups is 1. The van der Waals surface area contributed by atoms with Crippen LogP contribution in [-0.2, 0) is 0 Å². The molecule has 6 nitrogen and oxygen atoms in total. The van der Waals surface area contributed by atoms with Gasteiger partial charge in [-0.05, 0) is 67.3 Å². The number of benzene rings is 1. The van der Waals surface area contributed by atoms with E-state index in [1.165, 1.54) is 5.56 Å². The number of rotatable bonds is 3. The van der Waals surface area contributed by atoms with Gasteiger partial charge in [0.15, 0.2) is 0 Å². The molecule has 1 amide bonds. The topological polar surface area (TPSA) is 69.6 Å². The standard InChI is InChI=1S/C28H28N4O2/c33-20-26-27(22-9-6-21(7-10-22)8-11-24-5-1-2-14-30-24)25-19-31(17-3-4-18-32(25)26)28(34)23-12-15-29-16-13-23/h1-2,5-7,9-10,12-16,25-27,33H,3-4,17-20H2/t25-,26+,27-/m1/s1. The fraction of sp³-hybridized carbons (Fsp3) is 0.321. The molecule has 5 rings (SSSR count). The summed E-state index contributed by atoms with van der Waals surface area (Å²) in [5, 5.41) is 10.2. The second-order valence-corrected chi connectivity index (χ2v) is 8.86. The van der Waals surface area contributed by atoms with Gasteiger partial charge in [0.2, 0.25) is 0 Å². The Bertz CT molecular complexity index is 1170. The largest absolute Gasteiger partial charge is 0.395 e. The molecule has 2 fully saturated rings. The summed E-state index contributed by atoms with van der Waals surface area (Å²) in [4.78, 5) is 25.8. The number of carbonyl (C=O) groups is 1. The number of nitrogens with zero attached hydrogens (tertiary/aromatic N) is 4. The second-order valence-electron chi connectivity index (χ2n) is 8.86. The van der Waals surface area contributed by atoms with Crippen LogP contribution >= 0.6 is 0 Å². The van der Waals surface area contributed by atoms with Gasteiger partial charge in [0.25, 0.3) is 5.91 Å². The lowest BCUT2D eigenvalue weighted by Gasteiger charge is -2.57. The highest BCUT2D eigenvalue weighted by Crippen LogP contribution is 2.42. The van der Waals surface area contributed by atoms with Gasteiger partial charge < -0.3 is 10.0 Å². The Morgan fingerprint density at radius 2 is 1.76 bits per heavy atom. The predicted molar refractivity (Wildman–Crippen MR) is 130 cm³/mol. The first-order chi connectivity index (χ1) is 16.7. The minimum atomic E-state index is 0.0515. The Morgan fingerprint density at radius 1 is 0.971 bits per heavy atom. The van der Waals surface area contributed by atoms with E-state index in [-0.39, 0.29) is 30.5 Å². The molecule has 2 aromatic heterocycles. The monoisotopic (exact) mass is 452 g/mol. The normalized spacial score (nSPS) is 22.4. The molecule has 1 N–H and O–H groups in total. The molecule has 1 aromatic carbocycles. The summed E-state index contributed by atoms with van der Waals surface area (Å²) in [6.45, 7) is 2.48. The first kappa shape index (κ1) is 22.3. The van der Waals surface area contributed by atoms with E-state index in [2.05, 4.69) is 38.8 Å². The molecule has 2 aliphatic heterocycles. The average molecular weight is 453 g/mol. The lowest BCUT2D eigenvalue weighted by atomic mass is 9.74. The van der Waals surface area contributed by atoms with Gasteiger partial charge in [-0.1, -0.05) is 24.1 Å². The third-order valence-electron chi connectivity index (χ3n) is 6.88. The van der Waals surface area contributed by atoms with Gasteiger partial charge in [-0.25, -0.2) is 4.98 Å². The Kier molecular flexibility index (Phi) is 6.66. The van der Waals surface area contributed by atoms with Crippen LogP contribution in [0, 0.1) is 11.8 Å². The third-order valence-corrected chi connectivity index (χ3v) is 6.88. The zero-order chi connectivity index (χ0) is 23.3. The van der Waals surface area contributed by atoms with E-state index in [0.717, 1.165) is 37.2 Å². The first-order valence-electron chi connectivity index (χ1n) is 11.8. The van der Waals surface area contributed by atoms with Crippen LogP contribution in [0.1, 0.15) is 45.9 Å². The molecule has 3 aromatic rings. The molecule has 0 spiro atoms. The molecule has 3 atom stereocenters. The van der Waals surface area contributed by atoms with Crippen LogP contribution in [0.5, 0.6) is 0 Å². The van der Waals surface area contributed by atoms with Gasteiger partial charge >= 0.3 is 0 Å². The Morgan fingerprint density at radius 3 is 2.50 bits per heavy atom. The van der Waals surface area contributed by atoms with Crippen molar-refractivity contribution in [2.75, 3.05) is 26.2 Å². The summed E-state index contributed by atoms with van der Waals surface area (Å²) in [7, 11) is 0. The zero-order valence-electron chi connectivity index (χ0n) is 19.0. The molecule has 2 saturated heterocycles. The molecule has 0 bridgehead atoms. The molecule has 0 radical (unpaired) electrons. The van der Waals surface area contributed by atoms with Gasteiger partial charge in [0.05, 0.1) is 6.61 Å². The summed E-state index contributed by atoms with van der Waals surface area (Å²) in [6.07, 6.45) is 7.04. The van der Waals surface area contributed by atoms with Crippen molar-refractivity contribution in [2.24, 2.45) is 0 Å². The van der Waals surface area contributed by atoms with Crippen molar-refractivity contribution in [3.05, 3.63) is 95.6 Å². The minimum Gasteiger partial charge on any atom is -0.395 e. The number of hydrogen-bond donors (Lipinski definition) is 1. The molecule has 4 heterocycles. The molecule has 0 unspecified atom stereocenters. The van der Waals surface area contributed by atoms with E-state index in [4.69, 9.17) is 0 Å². The Labute approximate surface area is 200 Å². The maximum atomic E-state index is 13.2. The SMILES string of the molecule is O=C(c1ccncc1)N1CCCCN2[C@H](C1)[C@@H](c1ccc(C#Cc3ccccn3)cc1)[C@@H]2CO. The van der Waals surface area contributed by atoms with Crippen LogP contribution in [0.2, 0.25) is 0 Å². The van der Waals surface area contributed by atoms with Crippen molar-refractivity contribution in [3.63, 3.8) is 0 Å². The van der Waals surface area contributed by atoms with Crippen molar-refractivity contribution in [3.8, 4) is 11.8 Å². The van der Waals surface area contributed by atoms with Crippen molar-refractivity contribution < 1.29 is 9.90 Å². The lowest BCUT2D eigenvalue weighted by Crippen LogP contribution is -2.67. The highest BCUT2D eigenvalue weighted by molar-refractivity contribution is 5.94. The molecule has 172 valence electrons. The van der Waals surface area contributed by atoms with E-state index < -0.39 is 0 Å². The molecule has 2 aliphatic rings. The Balaban J connectivity index is 1.35. The van der Waals surface area contributed by atoms with Crippen molar-refractivity contribution in [1.29, 1.82) is 0 Å². The van der Waals surface area contributed by atoms with Crippen LogP contribution in [-0.4, -0.2) is 69.1 Å². The maximum Gasteiger partial charge on any atom is 0.254 e. The summed E-state index contributed by atoms with van der Waals surface area (Å²) >= 11 is 0. The van der Waals surface area contributed by atoms with Crippen molar-refractivity contribution in [2.45, 2.75) is 30.8 Å². The Hall–Kier alpha value is -3.53. The van der Waals surface area contributed by atoms with Crippen LogP contribution in [0.15, 0.2) is 73.2 Å². The van der Waals surface area contributed by atoms with Gasteiger partial charge in [0.1, 0.15) is 5.69 Å². The fourth-order valence-electron chi connectivity index (χ4n) is 5.16. The summed E-state index contributed by atoms with van der Waals surface area (Å²) in [6, 6.07) is 17.8. The van der Waals surface area contributed by atoms with Gasteiger partial charge in [0, 0.05) is 60.8 Å². The van der Waals surface area contributed by atoms with Crippen molar-refractivity contribution >= 4 is 5.91 Å². The van der Waals surface area contributed by atoms with Crippen LogP contribution in [0.4, 0.5) is 0 Å². The smallest absolute Gasteiger partial charge is 0.254 e. The van der Waals surface area contributed by atoms with Gasteiger partial charge in [-0.15, -0.1) is 0 Å². The zero-order valence-corrected chi connectivity index (χ0v) is 19.0. The van der Waals surface area contributed by atoms with Crippen LogP contribution in [0.25, 0.3) is 0 Å². The highest BCUT2D eigenvalue weighted by Gasteiger charge is 2.49. The maximum absolute atomic E-state index is 13.2. The highest BCUT2D eigenvalue weighted by atomic mass is 16.3. The average Bonchev–Trinajstić information content (AvgIpc) is 2.88. The number of fused-ring (bicyclic) bond motifs is 1. The van der Waals surface area contributed by atoms with E-state index in [0.29, 0.717) is 12.1 Å². The van der Waals surface area contributed by atoms with E-state index >= 15 is 0 Å². The molecule has 0 saturated carbocycles. The number of amides is 1. The van der Waals surface area contributed by atoms with Crippen LogP contribution < -0.4 is 0 Å². The van der Waals surface area contributed by atoms with E-state index in [1.54, 1.807) is 30.7 Å². The third kappa shape index (κ3) is 4.58. The molecular formula is C28H28N4O2. The van der Waals surface area contributed by atoms with E-state index in [1.807, 2.05) is 35.2 Å². The summed E-state index contributed by atoms with van der Waals surface area (Å²) < 4.78 is 0. The summed E-state index contributed by atoms with van der Waals surface area (Å²) in [5.74, 6) is 6.49. The molecule has 0 aliphatic carbocycles. The molecular weight excluding hydrogens is 424 g/mol. The lowest BCUT2D eigenvalue weighted by molar-refractivity contribution is -0.0606. The fourth-order valence-corrected chi connectivity index (χ4v) is 5.16. The second kappa shape index (κ2) is 10.2. The minimum absolute atomic E-state index is 0.0515. The number of hydrogen-bond acceptors (Lipinski definition) is 5. The van der Waals surface area contributed by atoms with Gasteiger partial charge in [-0.3, -0.25) is 14.7 Å². The number of carbonyl (C=O) groups excluding carboxylic acids is 1. The van der Waals surface area contributed by atoms with Gasteiger partial charge in [-0.2, -0.15) is 0 Å². The number of aliphatic hydroxyl groups excluding tert-OH is 1. The predicted octanol–water partition coefficient (Wildman–Crippen LogP) is 2.94. The van der Waals surface area contributed by atoms with E-state index in [9.17, 15) is 9.90 Å². The number of aromatic nitrogens is 2. The molecule has 34 heavy (non-hydrogen) atoms. The summed E-state index contributed by atoms with van der Waals surface area (Å²) in [5.41, 5.74) is 3.53. The quantitative estimate of drug-likeness (QED) is 0.619.